The zero-order valence-corrected chi connectivity index (χ0v) is 17.2. The number of carbonyl (C=O) groups excluding carboxylic acids is 1. The standard InChI is InChI=1S/C23H18BrNO4/c1-25(22(26)17-7-3-2-4-8-17)20(23(27)28)15-16-11-13-18(14-12-16)29-21-10-6-5-9-19(21)24/h2-15H,1H3,(H,27,28). The number of hydrogen-bond donors (Lipinski definition) is 1. The number of carboxylic acid groups (broad SMARTS) is 1. The molecule has 0 aliphatic heterocycles. The predicted molar refractivity (Wildman–Crippen MR) is 115 cm³/mol. The molecule has 0 aliphatic rings. The van der Waals surface area contributed by atoms with E-state index < -0.39 is 11.9 Å². The molecule has 0 unspecified atom stereocenters. The number of likely N-dealkylation sites (N-methyl/N-ethyl adjacent to an activating group) is 1. The zero-order chi connectivity index (χ0) is 20.8. The molecule has 1 amide bonds. The first kappa shape index (κ1) is 20.4. The highest BCUT2D eigenvalue weighted by Gasteiger charge is 2.20. The Kier molecular flexibility index (Phi) is 6.46. The Hall–Kier alpha value is -3.38. The lowest BCUT2D eigenvalue weighted by Crippen LogP contribution is -2.29. The van der Waals surface area contributed by atoms with Gasteiger partial charge in [0.25, 0.3) is 5.91 Å². The van der Waals surface area contributed by atoms with Gasteiger partial charge in [-0.3, -0.25) is 4.79 Å². The quantitative estimate of drug-likeness (QED) is 0.506. The molecule has 6 heteroatoms. The van der Waals surface area contributed by atoms with Gasteiger partial charge < -0.3 is 14.7 Å². The summed E-state index contributed by atoms with van der Waals surface area (Å²) >= 11 is 3.43. The molecule has 0 bridgehead atoms. The fourth-order valence-corrected chi connectivity index (χ4v) is 3.00. The number of aliphatic carboxylic acids is 1. The molecule has 0 radical (unpaired) electrons. The Morgan fingerprint density at radius 1 is 0.931 bits per heavy atom. The molecule has 0 saturated heterocycles. The van der Waals surface area contributed by atoms with Crippen molar-refractivity contribution >= 4 is 33.9 Å². The van der Waals surface area contributed by atoms with Gasteiger partial charge in [-0.2, -0.15) is 0 Å². The average molecular weight is 452 g/mol. The number of hydrogen-bond acceptors (Lipinski definition) is 3. The van der Waals surface area contributed by atoms with E-state index in [2.05, 4.69) is 15.9 Å². The SMILES string of the molecule is CN(C(=O)c1ccccc1)C(=Cc1ccc(Oc2ccccc2Br)cc1)C(=O)O. The maximum Gasteiger partial charge on any atom is 0.352 e. The van der Waals surface area contributed by atoms with Crippen LogP contribution in [-0.2, 0) is 4.79 Å². The molecule has 0 saturated carbocycles. The van der Waals surface area contributed by atoms with E-state index >= 15 is 0 Å². The van der Waals surface area contributed by atoms with E-state index in [0.717, 1.165) is 9.37 Å². The van der Waals surface area contributed by atoms with E-state index in [1.165, 1.54) is 13.1 Å². The van der Waals surface area contributed by atoms with Crippen LogP contribution in [0.4, 0.5) is 0 Å². The normalized spacial score (nSPS) is 11.0. The number of amides is 1. The van der Waals surface area contributed by atoms with Gasteiger partial charge >= 0.3 is 5.97 Å². The zero-order valence-electron chi connectivity index (χ0n) is 15.6. The fourth-order valence-electron chi connectivity index (χ4n) is 2.63. The van der Waals surface area contributed by atoms with E-state index in [0.29, 0.717) is 22.6 Å². The van der Waals surface area contributed by atoms with Gasteiger partial charge in [-0.15, -0.1) is 0 Å². The minimum absolute atomic E-state index is 0.127. The molecule has 0 fully saturated rings. The smallest absolute Gasteiger partial charge is 0.352 e. The molecule has 0 heterocycles. The van der Waals surface area contributed by atoms with E-state index in [9.17, 15) is 14.7 Å². The first-order valence-corrected chi connectivity index (χ1v) is 9.55. The van der Waals surface area contributed by atoms with Crippen molar-refractivity contribution < 1.29 is 19.4 Å². The number of rotatable bonds is 6. The van der Waals surface area contributed by atoms with Gasteiger partial charge in [0.15, 0.2) is 0 Å². The summed E-state index contributed by atoms with van der Waals surface area (Å²) in [4.78, 5) is 25.4. The molecule has 3 aromatic rings. The summed E-state index contributed by atoms with van der Waals surface area (Å²) in [5.41, 5.74) is 0.923. The highest BCUT2D eigenvalue weighted by Crippen LogP contribution is 2.29. The maximum atomic E-state index is 12.6. The topological polar surface area (TPSA) is 66.8 Å². The van der Waals surface area contributed by atoms with E-state index in [4.69, 9.17) is 4.74 Å². The maximum absolute atomic E-state index is 12.6. The van der Waals surface area contributed by atoms with Gasteiger partial charge in [0.2, 0.25) is 0 Å². The van der Waals surface area contributed by atoms with Crippen LogP contribution in [0, 0.1) is 0 Å². The number of benzene rings is 3. The summed E-state index contributed by atoms with van der Waals surface area (Å²) in [7, 11) is 1.44. The summed E-state index contributed by atoms with van der Waals surface area (Å²) < 4.78 is 6.64. The second-order valence-corrected chi connectivity index (χ2v) is 7.02. The van der Waals surface area contributed by atoms with Crippen molar-refractivity contribution in [3.63, 3.8) is 0 Å². The Morgan fingerprint density at radius 3 is 2.17 bits per heavy atom. The van der Waals surface area contributed by atoms with Crippen molar-refractivity contribution in [1.29, 1.82) is 0 Å². The van der Waals surface area contributed by atoms with Crippen LogP contribution in [0.1, 0.15) is 15.9 Å². The van der Waals surface area contributed by atoms with Crippen molar-refractivity contribution in [2.75, 3.05) is 7.05 Å². The van der Waals surface area contributed by atoms with Crippen LogP contribution in [0.15, 0.2) is 89.0 Å². The average Bonchev–Trinajstić information content (AvgIpc) is 2.74. The van der Waals surface area contributed by atoms with Gasteiger partial charge in [0, 0.05) is 12.6 Å². The Labute approximate surface area is 177 Å². The summed E-state index contributed by atoms with van der Waals surface area (Å²) in [5, 5.41) is 9.59. The van der Waals surface area contributed by atoms with Crippen LogP contribution in [0.3, 0.4) is 0 Å². The Morgan fingerprint density at radius 2 is 1.55 bits per heavy atom. The van der Waals surface area contributed by atoms with Crippen LogP contribution in [-0.4, -0.2) is 28.9 Å². The second-order valence-electron chi connectivity index (χ2n) is 6.17. The van der Waals surface area contributed by atoms with Gasteiger partial charge in [0.1, 0.15) is 17.2 Å². The predicted octanol–water partition coefficient (Wildman–Crippen LogP) is 5.44. The molecular formula is C23H18BrNO4. The second kappa shape index (κ2) is 9.21. The number of para-hydroxylation sites is 1. The van der Waals surface area contributed by atoms with Gasteiger partial charge in [-0.25, -0.2) is 4.79 Å². The lowest BCUT2D eigenvalue weighted by molar-refractivity contribution is -0.133. The van der Waals surface area contributed by atoms with Crippen molar-refractivity contribution in [3.05, 3.63) is 100 Å². The lowest BCUT2D eigenvalue weighted by atomic mass is 10.1. The lowest BCUT2D eigenvalue weighted by Gasteiger charge is -2.18. The summed E-state index contributed by atoms with van der Waals surface area (Å²) in [6.45, 7) is 0. The first-order chi connectivity index (χ1) is 14.0. The van der Waals surface area contributed by atoms with Gasteiger partial charge in [0.05, 0.1) is 4.47 Å². The number of carboxylic acids is 1. The monoisotopic (exact) mass is 451 g/mol. The minimum atomic E-state index is -1.19. The van der Waals surface area contributed by atoms with Crippen molar-refractivity contribution in [2.45, 2.75) is 0 Å². The van der Waals surface area contributed by atoms with Crippen LogP contribution < -0.4 is 4.74 Å². The van der Waals surface area contributed by atoms with Crippen LogP contribution >= 0.6 is 15.9 Å². The third-order valence-corrected chi connectivity index (χ3v) is 4.81. The first-order valence-electron chi connectivity index (χ1n) is 8.76. The fraction of sp³-hybridized carbons (Fsp3) is 0.0435. The molecular weight excluding hydrogens is 434 g/mol. The molecule has 146 valence electrons. The molecule has 3 rings (SSSR count). The molecule has 29 heavy (non-hydrogen) atoms. The third kappa shape index (κ3) is 5.12. The molecule has 0 spiro atoms. The van der Waals surface area contributed by atoms with E-state index in [1.807, 2.05) is 24.3 Å². The summed E-state index contributed by atoms with van der Waals surface area (Å²) in [6.07, 6.45) is 1.45. The highest BCUT2D eigenvalue weighted by molar-refractivity contribution is 9.10. The summed E-state index contributed by atoms with van der Waals surface area (Å²) in [5.74, 6) is -0.298. The minimum Gasteiger partial charge on any atom is -0.477 e. The highest BCUT2D eigenvalue weighted by atomic mass is 79.9. The largest absolute Gasteiger partial charge is 0.477 e. The van der Waals surface area contributed by atoms with Crippen molar-refractivity contribution in [1.82, 2.24) is 4.90 Å². The number of ether oxygens (including phenoxy) is 1. The van der Waals surface area contributed by atoms with Gasteiger partial charge in [-0.05, 0) is 64.0 Å². The van der Waals surface area contributed by atoms with E-state index in [-0.39, 0.29) is 5.70 Å². The third-order valence-electron chi connectivity index (χ3n) is 4.15. The van der Waals surface area contributed by atoms with Gasteiger partial charge in [-0.1, -0.05) is 42.5 Å². The molecule has 1 N–H and O–H groups in total. The van der Waals surface area contributed by atoms with Crippen LogP contribution in [0.25, 0.3) is 6.08 Å². The van der Waals surface area contributed by atoms with Crippen molar-refractivity contribution in [2.24, 2.45) is 0 Å². The van der Waals surface area contributed by atoms with Crippen molar-refractivity contribution in [3.8, 4) is 11.5 Å². The molecule has 5 nitrogen and oxygen atoms in total. The molecule has 0 atom stereocenters. The Bertz CT molecular complexity index is 1050. The number of carbonyl (C=O) groups is 2. The van der Waals surface area contributed by atoms with Crippen LogP contribution in [0.2, 0.25) is 0 Å². The summed E-state index contributed by atoms with van der Waals surface area (Å²) in [6, 6.07) is 23.0. The Balaban J connectivity index is 1.81. The number of halogens is 1. The van der Waals surface area contributed by atoms with E-state index in [1.54, 1.807) is 54.6 Å². The van der Waals surface area contributed by atoms with Crippen LogP contribution in [0.5, 0.6) is 11.5 Å². The number of nitrogens with zero attached hydrogens (tertiary/aromatic N) is 1. The molecule has 0 aromatic heterocycles. The molecule has 3 aromatic carbocycles. The molecule has 0 aliphatic carbocycles.